The summed E-state index contributed by atoms with van der Waals surface area (Å²) in [4.78, 5) is 22.3. The van der Waals surface area contributed by atoms with Crippen LogP contribution in [0.5, 0.6) is 11.5 Å². The molecule has 0 aliphatic rings. The van der Waals surface area contributed by atoms with E-state index in [0.29, 0.717) is 11.5 Å². The van der Waals surface area contributed by atoms with Gasteiger partial charge in [-0.3, -0.25) is 4.79 Å². The highest BCUT2D eigenvalue weighted by atomic mass is 16.5. The fourth-order valence-corrected chi connectivity index (χ4v) is 1.21. The highest BCUT2D eigenvalue weighted by Crippen LogP contribution is 2.17. The molecule has 0 aromatic heterocycles. The van der Waals surface area contributed by atoms with Gasteiger partial charge >= 0.3 is 5.97 Å². The molecule has 1 aromatic carbocycles. The first kappa shape index (κ1) is 13.0. The largest absolute Gasteiger partial charge is 0.497 e. The molecule has 0 radical (unpaired) electrons. The molecular formula is C12H15NO4. The van der Waals surface area contributed by atoms with Crippen LogP contribution in [0.25, 0.3) is 0 Å². The topological polar surface area (TPSA) is 64.6 Å². The van der Waals surface area contributed by atoms with E-state index in [1.807, 2.05) is 0 Å². The molecule has 1 atom stereocenters. The SMILES string of the molecule is COc1ccc(OC(=O)C(C)NC(C)=O)cc1. The van der Waals surface area contributed by atoms with Crippen molar-refractivity contribution in [3.05, 3.63) is 24.3 Å². The number of benzene rings is 1. The van der Waals surface area contributed by atoms with E-state index >= 15 is 0 Å². The Morgan fingerprint density at radius 3 is 2.18 bits per heavy atom. The predicted molar refractivity (Wildman–Crippen MR) is 61.9 cm³/mol. The first-order valence-electron chi connectivity index (χ1n) is 5.15. The number of rotatable bonds is 4. The van der Waals surface area contributed by atoms with Gasteiger partial charge in [0.25, 0.3) is 0 Å². The van der Waals surface area contributed by atoms with Gasteiger partial charge < -0.3 is 14.8 Å². The molecule has 0 aliphatic carbocycles. The quantitative estimate of drug-likeness (QED) is 0.629. The Kier molecular flexibility index (Phi) is 4.51. The van der Waals surface area contributed by atoms with Crippen molar-refractivity contribution in [2.75, 3.05) is 7.11 Å². The van der Waals surface area contributed by atoms with Crippen molar-refractivity contribution in [3.63, 3.8) is 0 Å². The van der Waals surface area contributed by atoms with Gasteiger partial charge in [-0.25, -0.2) is 4.79 Å². The average molecular weight is 237 g/mol. The van der Waals surface area contributed by atoms with E-state index in [9.17, 15) is 9.59 Å². The number of hydrogen-bond donors (Lipinski definition) is 1. The lowest BCUT2D eigenvalue weighted by Crippen LogP contribution is -2.39. The predicted octanol–water partition coefficient (Wildman–Crippen LogP) is 1.13. The van der Waals surface area contributed by atoms with Crippen LogP contribution in [0.3, 0.4) is 0 Å². The number of carbonyl (C=O) groups is 2. The molecule has 5 heteroatoms. The maximum absolute atomic E-state index is 11.5. The Hall–Kier alpha value is -2.04. The lowest BCUT2D eigenvalue weighted by atomic mass is 10.3. The summed E-state index contributed by atoms with van der Waals surface area (Å²) < 4.78 is 10.0. The Morgan fingerprint density at radius 1 is 1.18 bits per heavy atom. The third-order valence-corrected chi connectivity index (χ3v) is 2.05. The second-order valence-corrected chi connectivity index (χ2v) is 3.52. The van der Waals surface area contributed by atoms with Gasteiger partial charge in [-0.2, -0.15) is 0 Å². The maximum Gasteiger partial charge on any atom is 0.333 e. The van der Waals surface area contributed by atoms with Crippen molar-refractivity contribution in [2.24, 2.45) is 0 Å². The van der Waals surface area contributed by atoms with Crippen LogP contribution in [0.15, 0.2) is 24.3 Å². The van der Waals surface area contributed by atoms with E-state index in [2.05, 4.69) is 5.32 Å². The van der Waals surface area contributed by atoms with Crippen molar-refractivity contribution in [1.29, 1.82) is 0 Å². The van der Waals surface area contributed by atoms with Gasteiger partial charge in [0, 0.05) is 6.92 Å². The number of hydrogen-bond acceptors (Lipinski definition) is 4. The molecule has 0 heterocycles. The summed E-state index contributed by atoms with van der Waals surface area (Å²) in [5, 5.41) is 2.45. The summed E-state index contributed by atoms with van der Waals surface area (Å²) in [5.41, 5.74) is 0. The van der Waals surface area contributed by atoms with Crippen LogP contribution >= 0.6 is 0 Å². The molecule has 1 unspecified atom stereocenters. The number of nitrogens with one attached hydrogen (secondary N) is 1. The van der Waals surface area contributed by atoms with Gasteiger partial charge in [-0.05, 0) is 31.2 Å². The molecule has 17 heavy (non-hydrogen) atoms. The summed E-state index contributed by atoms with van der Waals surface area (Å²) >= 11 is 0. The third-order valence-electron chi connectivity index (χ3n) is 2.05. The second-order valence-electron chi connectivity index (χ2n) is 3.52. The Bertz CT molecular complexity index is 399. The molecule has 0 aliphatic heterocycles. The zero-order chi connectivity index (χ0) is 12.8. The Labute approximate surface area is 99.7 Å². The maximum atomic E-state index is 11.5. The Balaban J connectivity index is 2.58. The van der Waals surface area contributed by atoms with Gasteiger partial charge in [0.05, 0.1) is 7.11 Å². The van der Waals surface area contributed by atoms with Crippen LogP contribution in [0.1, 0.15) is 13.8 Å². The smallest absolute Gasteiger partial charge is 0.333 e. The van der Waals surface area contributed by atoms with Crippen LogP contribution in [0.4, 0.5) is 0 Å². The molecular weight excluding hydrogens is 222 g/mol. The first-order valence-corrected chi connectivity index (χ1v) is 5.15. The second kappa shape index (κ2) is 5.89. The molecule has 0 saturated heterocycles. The van der Waals surface area contributed by atoms with Crippen LogP contribution in [0, 0.1) is 0 Å². The summed E-state index contributed by atoms with van der Waals surface area (Å²) in [7, 11) is 1.56. The zero-order valence-corrected chi connectivity index (χ0v) is 10.0. The van der Waals surface area contributed by atoms with E-state index in [4.69, 9.17) is 9.47 Å². The molecule has 0 saturated carbocycles. The number of ether oxygens (including phenoxy) is 2. The van der Waals surface area contributed by atoms with Gasteiger partial charge in [0.15, 0.2) is 0 Å². The van der Waals surface area contributed by atoms with Crippen molar-refractivity contribution in [2.45, 2.75) is 19.9 Å². The highest BCUT2D eigenvalue weighted by molar-refractivity contribution is 5.84. The van der Waals surface area contributed by atoms with E-state index in [-0.39, 0.29) is 5.91 Å². The fourth-order valence-electron chi connectivity index (χ4n) is 1.21. The fraction of sp³-hybridized carbons (Fsp3) is 0.333. The molecule has 0 bridgehead atoms. The summed E-state index contributed by atoms with van der Waals surface area (Å²) in [6.45, 7) is 2.91. The summed E-state index contributed by atoms with van der Waals surface area (Å²) in [6.07, 6.45) is 0. The minimum atomic E-state index is -0.672. The van der Waals surface area contributed by atoms with Crippen LogP contribution in [-0.4, -0.2) is 25.0 Å². The minimum absolute atomic E-state index is 0.274. The number of amides is 1. The number of methoxy groups -OCH3 is 1. The number of esters is 1. The molecule has 1 aromatic rings. The number of carbonyl (C=O) groups excluding carboxylic acids is 2. The normalized spacial score (nSPS) is 11.5. The van der Waals surface area contributed by atoms with Crippen molar-refractivity contribution >= 4 is 11.9 Å². The molecule has 1 amide bonds. The standard InChI is InChI=1S/C12H15NO4/c1-8(13-9(2)14)12(15)17-11-6-4-10(16-3)5-7-11/h4-8H,1-3H3,(H,13,14). The minimum Gasteiger partial charge on any atom is -0.497 e. The molecule has 0 spiro atoms. The van der Waals surface area contributed by atoms with E-state index in [1.165, 1.54) is 6.92 Å². The molecule has 1 N–H and O–H groups in total. The summed E-state index contributed by atoms with van der Waals surface area (Å²) in [5.74, 6) is 0.308. The molecule has 0 fully saturated rings. The first-order chi connectivity index (χ1) is 8.02. The zero-order valence-electron chi connectivity index (χ0n) is 10.0. The lowest BCUT2D eigenvalue weighted by molar-refractivity contribution is -0.138. The van der Waals surface area contributed by atoms with Crippen LogP contribution in [0.2, 0.25) is 0 Å². The van der Waals surface area contributed by atoms with Crippen molar-refractivity contribution in [3.8, 4) is 11.5 Å². The van der Waals surface area contributed by atoms with Crippen LogP contribution < -0.4 is 14.8 Å². The van der Waals surface area contributed by atoms with Crippen molar-refractivity contribution < 1.29 is 19.1 Å². The van der Waals surface area contributed by atoms with Gasteiger partial charge in [-0.15, -0.1) is 0 Å². The van der Waals surface area contributed by atoms with E-state index in [1.54, 1.807) is 38.3 Å². The van der Waals surface area contributed by atoms with Gasteiger partial charge in [-0.1, -0.05) is 0 Å². The van der Waals surface area contributed by atoms with E-state index < -0.39 is 12.0 Å². The molecule has 5 nitrogen and oxygen atoms in total. The lowest BCUT2D eigenvalue weighted by Gasteiger charge is -2.11. The monoisotopic (exact) mass is 237 g/mol. The highest BCUT2D eigenvalue weighted by Gasteiger charge is 2.15. The Morgan fingerprint density at radius 2 is 1.71 bits per heavy atom. The molecule has 1 rings (SSSR count). The summed E-state index contributed by atoms with van der Waals surface area (Å²) in [6, 6.07) is 5.95. The van der Waals surface area contributed by atoms with Gasteiger partial charge in [0.1, 0.15) is 17.5 Å². The van der Waals surface area contributed by atoms with E-state index in [0.717, 1.165) is 0 Å². The third kappa shape index (κ3) is 4.14. The van der Waals surface area contributed by atoms with Crippen LogP contribution in [-0.2, 0) is 9.59 Å². The van der Waals surface area contributed by atoms with Crippen molar-refractivity contribution in [1.82, 2.24) is 5.32 Å². The average Bonchev–Trinajstić information content (AvgIpc) is 2.29. The molecule has 92 valence electrons. The van der Waals surface area contributed by atoms with Gasteiger partial charge in [0.2, 0.25) is 5.91 Å².